The van der Waals surface area contributed by atoms with Gasteiger partial charge < -0.3 is 19.7 Å². The van der Waals surface area contributed by atoms with E-state index in [-0.39, 0.29) is 29.9 Å². The quantitative estimate of drug-likeness (QED) is 0.275. The van der Waals surface area contributed by atoms with E-state index in [0.29, 0.717) is 41.4 Å². The number of hydrogen-bond acceptors (Lipinski definition) is 6. The molecule has 5 rings (SSSR count). The number of nitrogens with one attached hydrogen (secondary N) is 2. The summed E-state index contributed by atoms with van der Waals surface area (Å²) in [7, 11) is -3.82. The van der Waals surface area contributed by atoms with E-state index >= 15 is 0 Å². The Morgan fingerprint density at radius 2 is 1.65 bits per heavy atom. The Hall–Kier alpha value is -4.83. The second-order valence-corrected chi connectivity index (χ2v) is 12.0. The van der Waals surface area contributed by atoms with E-state index in [1.807, 2.05) is 49.4 Å². The van der Waals surface area contributed by atoms with E-state index in [1.165, 1.54) is 23.1 Å². The highest BCUT2D eigenvalue weighted by Crippen LogP contribution is 2.33. The first-order valence-corrected chi connectivity index (χ1v) is 15.4. The molecule has 9 nitrogen and oxygen atoms in total. The van der Waals surface area contributed by atoms with E-state index in [9.17, 15) is 18.0 Å². The van der Waals surface area contributed by atoms with Gasteiger partial charge in [-0.25, -0.2) is 8.42 Å². The number of rotatable bonds is 10. The van der Waals surface area contributed by atoms with Gasteiger partial charge in [-0.2, -0.15) is 0 Å². The van der Waals surface area contributed by atoms with Crippen LogP contribution in [0.3, 0.4) is 0 Å². The van der Waals surface area contributed by atoms with Gasteiger partial charge in [0.15, 0.2) is 12.7 Å². The average Bonchev–Trinajstić information content (AvgIpc) is 3.01. The second kappa shape index (κ2) is 13.0. The molecule has 0 unspecified atom stereocenters. The van der Waals surface area contributed by atoms with Crippen LogP contribution in [0.4, 0.5) is 11.4 Å². The Morgan fingerprint density at radius 1 is 0.930 bits per heavy atom. The van der Waals surface area contributed by atoms with Gasteiger partial charge in [-0.15, -0.1) is 0 Å². The molecule has 10 heteroatoms. The smallest absolute Gasteiger partial charge is 0.265 e. The average molecular weight is 600 g/mol. The number of nitrogens with zero attached hydrogens (tertiary/aromatic N) is 1. The summed E-state index contributed by atoms with van der Waals surface area (Å²) in [6.07, 6.45) is -0.213. The highest BCUT2D eigenvalue weighted by molar-refractivity contribution is 7.92. The van der Waals surface area contributed by atoms with Crippen LogP contribution in [0.1, 0.15) is 16.7 Å². The van der Waals surface area contributed by atoms with Gasteiger partial charge in [-0.3, -0.25) is 14.3 Å². The monoisotopic (exact) mass is 599 g/mol. The van der Waals surface area contributed by atoms with E-state index in [4.69, 9.17) is 9.47 Å². The zero-order valence-corrected chi connectivity index (χ0v) is 24.8. The van der Waals surface area contributed by atoms with E-state index < -0.39 is 16.1 Å². The topological polar surface area (TPSA) is 114 Å². The summed E-state index contributed by atoms with van der Waals surface area (Å²) < 4.78 is 40.2. The summed E-state index contributed by atoms with van der Waals surface area (Å²) in [5, 5.41) is 2.90. The number of amides is 2. The molecule has 0 saturated heterocycles. The lowest BCUT2D eigenvalue weighted by molar-refractivity contribution is -0.128. The number of benzene rings is 4. The molecule has 0 fully saturated rings. The number of para-hydroxylation sites is 2. The Kier molecular flexibility index (Phi) is 8.96. The van der Waals surface area contributed by atoms with Crippen molar-refractivity contribution in [2.75, 3.05) is 29.3 Å². The number of aryl methyl sites for hydroxylation is 2. The first-order chi connectivity index (χ1) is 20.7. The minimum Gasteiger partial charge on any atom is -0.483 e. The molecule has 0 spiro atoms. The van der Waals surface area contributed by atoms with Gasteiger partial charge in [0.25, 0.3) is 21.8 Å². The van der Waals surface area contributed by atoms with Crippen molar-refractivity contribution in [2.24, 2.45) is 0 Å². The van der Waals surface area contributed by atoms with Crippen molar-refractivity contribution >= 4 is 33.2 Å². The fraction of sp³-hybridized carbons (Fsp3) is 0.212. The van der Waals surface area contributed by atoms with Gasteiger partial charge >= 0.3 is 0 Å². The third-order valence-electron chi connectivity index (χ3n) is 7.03. The molecule has 4 aromatic rings. The molecule has 43 heavy (non-hydrogen) atoms. The molecule has 1 heterocycles. The molecule has 1 atom stereocenters. The molecule has 4 aromatic carbocycles. The summed E-state index contributed by atoms with van der Waals surface area (Å²) in [6, 6.07) is 28.4. The maximum absolute atomic E-state index is 13.4. The van der Waals surface area contributed by atoms with E-state index in [0.717, 1.165) is 11.1 Å². The SMILES string of the molecule is Cc1ccc(NS(=O)(=O)c2ccc(OCC(=O)N3C[C@@H](C(=O)NCCc4ccccc4)Oc4ccccc43)c(C)c2)cc1. The third-order valence-corrected chi connectivity index (χ3v) is 8.41. The molecule has 0 aromatic heterocycles. The second-order valence-electron chi connectivity index (χ2n) is 10.3. The van der Waals surface area contributed by atoms with Crippen LogP contribution in [0.15, 0.2) is 102 Å². The van der Waals surface area contributed by atoms with Gasteiger partial charge in [0.2, 0.25) is 0 Å². The Labute approximate surface area is 251 Å². The predicted molar refractivity (Wildman–Crippen MR) is 165 cm³/mol. The zero-order valence-electron chi connectivity index (χ0n) is 23.9. The number of anilines is 2. The summed E-state index contributed by atoms with van der Waals surface area (Å²) in [4.78, 5) is 27.9. The molecule has 2 amide bonds. The molecular weight excluding hydrogens is 566 g/mol. The highest BCUT2D eigenvalue weighted by Gasteiger charge is 2.34. The Bertz CT molecular complexity index is 1710. The van der Waals surface area contributed by atoms with Crippen LogP contribution < -0.4 is 24.4 Å². The first kappa shape index (κ1) is 29.7. The van der Waals surface area contributed by atoms with Crippen molar-refractivity contribution in [3.05, 3.63) is 114 Å². The number of sulfonamides is 1. The lowest BCUT2D eigenvalue weighted by Crippen LogP contribution is -2.52. The number of ether oxygens (including phenoxy) is 2. The van der Waals surface area contributed by atoms with Gasteiger partial charge in [-0.1, -0.05) is 60.2 Å². The molecule has 1 aliphatic rings. The molecule has 222 valence electrons. The molecular formula is C33H33N3O6S. The summed E-state index contributed by atoms with van der Waals surface area (Å²) in [5.41, 5.74) is 3.69. The van der Waals surface area contributed by atoms with Crippen LogP contribution in [-0.2, 0) is 26.0 Å². The van der Waals surface area contributed by atoms with Crippen LogP contribution in [0.25, 0.3) is 0 Å². The fourth-order valence-corrected chi connectivity index (χ4v) is 5.84. The predicted octanol–water partition coefficient (Wildman–Crippen LogP) is 4.64. The Morgan fingerprint density at radius 3 is 2.40 bits per heavy atom. The van der Waals surface area contributed by atoms with E-state index in [2.05, 4.69) is 10.0 Å². The van der Waals surface area contributed by atoms with Crippen LogP contribution in [-0.4, -0.2) is 46.0 Å². The first-order valence-electron chi connectivity index (χ1n) is 13.9. The molecule has 2 N–H and O–H groups in total. The van der Waals surface area contributed by atoms with Crippen LogP contribution in [0.2, 0.25) is 0 Å². The number of hydrogen-bond donors (Lipinski definition) is 2. The number of fused-ring (bicyclic) bond motifs is 1. The molecule has 1 aliphatic heterocycles. The van der Waals surface area contributed by atoms with Crippen molar-refractivity contribution in [3.63, 3.8) is 0 Å². The van der Waals surface area contributed by atoms with Gasteiger partial charge in [-0.05, 0) is 73.9 Å². The Balaban J connectivity index is 1.22. The lowest BCUT2D eigenvalue weighted by atomic mass is 10.1. The standard InChI is InChI=1S/C33H33N3O6S/c1-23-12-14-26(15-13-23)35-43(39,40)27-16-17-29(24(2)20-27)41-22-32(37)36-21-31(42-30-11-7-6-10-28(30)36)33(38)34-19-18-25-8-4-3-5-9-25/h3-17,20,31,35H,18-19,21-22H2,1-2H3,(H,34,38)/t31-/m0/s1. The van der Waals surface area contributed by atoms with Gasteiger partial charge in [0, 0.05) is 12.2 Å². The van der Waals surface area contributed by atoms with Crippen molar-refractivity contribution in [3.8, 4) is 11.5 Å². The van der Waals surface area contributed by atoms with E-state index in [1.54, 1.807) is 43.3 Å². The van der Waals surface area contributed by atoms with Gasteiger partial charge in [0.05, 0.1) is 17.1 Å². The maximum atomic E-state index is 13.4. The van der Waals surface area contributed by atoms with Gasteiger partial charge in [0.1, 0.15) is 11.5 Å². The minimum absolute atomic E-state index is 0.0250. The molecule has 0 bridgehead atoms. The molecule has 0 radical (unpaired) electrons. The van der Waals surface area contributed by atoms with Crippen molar-refractivity contribution in [2.45, 2.75) is 31.3 Å². The number of carbonyl (C=O) groups excluding carboxylic acids is 2. The number of carbonyl (C=O) groups is 2. The summed E-state index contributed by atoms with van der Waals surface area (Å²) in [5.74, 6) is 0.127. The largest absolute Gasteiger partial charge is 0.483 e. The molecule has 0 saturated carbocycles. The summed E-state index contributed by atoms with van der Waals surface area (Å²) in [6.45, 7) is 3.78. The minimum atomic E-state index is -3.82. The summed E-state index contributed by atoms with van der Waals surface area (Å²) >= 11 is 0. The third kappa shape index (κ3) is 7.34. The van der Waals surface area contributed by atoms with Crippen molar-refractivity contribution in [1.82, 2.24) is 5.32 Å². The van der Waals surface area contributed by atoms with Crippen LogP contribution >= 0.6 is 0 Å². The lowest BCUT2D eigenvalue weighted by Gasteiger charge is -2.34. The zero-order chi connectivity index (χ0) is 30.4. The highest BCUT2D eigenvalue weighted by atomic mass is 32.2. The van der Waals surface area contributed by atoms with Crippen molar-refractivity contribution in [1.29, 1.82) is 0 Å². The normalized spacial score (nSPS) is 14.3. The van der Waals surface area contributed by atoms with Crippen LogP contribution in [0, 0.1) is 13.8 Å². The fourth-order valence-electron chi connectivity index (χ4n) is 4.70. The molecule has 0 aliphatic carbocycles. The van der Waals surface area contributed by atoms with Crippen LogP contribution in [0.5, 0.6) is 11.5 Å². The maximum Gasteiger partial charge on any atom is 0.265 e. The van der Waals surface area contributed by atoms with Crippen molar-refractivity contribution < 1.29 is 27.5 Å².